The third-order valence-electron chi connectivity index (χ3n) is 23.7. The number of likely N-dealkylation sites (tertiary alicyclic amines) is 1. The van der Waals surface area contributed by atoms with Gasteiger partial charge in [0.15, 0.2) is 23.2 Å². The smallest absolute Gasteiger partial charge is 0.246 e. The van der Waals surface area contributed by atoms with Crippen LogP contribution in [0, 0.1) is 29.3 Å². The van der Waals surface area contributed by atoms with Crippen molar-refractivity contribution in [3.05, 3.63) is 203 Å². The second kappa shape index (κ2) is 51.1. The molecule has 7 aromatic rings. The van der Waals surface area contributed by atoms with Gasteiger partial charge in [0.1, 0.15) is 78.2 Å². The van der Waals surface area contributed by atoms with Crippen LogP contribution in [0.25, 0.3) is 10.9 Å². The number of thioether (sulfide) groups is 2. The molecule has 13 atom stereocenters. The van der Waals surface area contributed by atoms with Gasteiger partial charge in [-0.2, -0.15) is 0 Å². The Labute approximate surface area is 789 Å². The van der Waals surface area contributed by atoms with Crippen LogP contribution in [-0.4, -0.2) is 283 Å². The average Bonchev–Trinajstić information content (AvgIpc) is 1.78. The monoisotopic (exact) mass is 1910 g/mol. The Morgan fingerprint density at radius 2 is 1.10 bits per heavy atom. The summed E-state index contributed by atoms with van der Waals surface area (Å²) in [6.45, 7) is 7.04. The molecule has 2 aliphatic rings. The summed E-state index contributed by atoms with van der Waals surface area (Å²) in [5, 5.41) is 52.5. The fraction of sp³-hybridized carbons (Fsp3) is 0.448. The minimum Gasteiger partial charge on any atom is -0.508 e. The van der Waals surface area contributed by atoms with Crippen LogP contribution in [0.1, 0.15) is 107 Å². The van der Waals surface area contributed by atoms with Crippen LogP contribution in [0.3, 0.4) is 0 Å². The third-order valence-corrected chi connectivity index (χ3v) is 25.8. The fourth-order valence-electron chi connectivity index (χ4n) is 16.0. The molecule has 1 aromatic heterocycles. The van der Waals surface area contributed by atoms with E-state index < -0.39 is 222 Å². The summed E-state index contributed by atoms with van der Waals surface area (Å²) in [7, 11) is 4.08. The van der Waals surface area contributed by atoms with Gasteiger partial charge in [0.05, 0.1) is 49.5 Å². The number of carbonyl (C=O) groups is 15. The molecule has 0 aliphatic carbocycles. The molecule has 2 aliphatic heterocycles. The van der Waals surface area contributed by atoms with E-state index in [1.54, 1.807) is 113 Å². The van der Waals surface area contributed by atoms with Gasteiger partial charge in [0.2, 0.25) is 76.8 Å². The Hall–Kier alpha value is -12.7. The number of aromatic nitrogens is 1. The summed E-state index contributed by atoms with van der Waals surface area (Å²) >= 11 is 1.93. The number of hydrogen-bond acceptors (Lipinski definition) is 22. The van der Waals surface area contributed by atoms with E-state index in [-0.39, 0.29) is 92.5 Å². The Morgan fingerprint density at radius 1 is 0.570 bits per heavy atom. The zero-order chi connectivity index (χ0) is 98.4. The Kier molecular flexibility index (Phi) is 40.1. The summed E-state index contributed by atoms with van der Waals surface area (Å²) < 4.78 is 44.8. The molecular formula is C96H121F3N16O18S2. The number of likely N-dealkylation sites (N-methyl/N-ethyl adjacent to an activating group) is 3. The van der Waals surface area contributed by atoms with E-state index in [1.807, 2.05) is 25.1 Å². The maximum atomic E-state index is 15.5. The number of primary amides is 1. The van der Waals surface area contributed by atoms with Crippen molar-refractivity contribution in [1.82, 2.24) is 72.0 Å². The van der Waals surface area contributed by atoms with Crippen molar-refractivity contribution in [2.75, 3.05) is 70.5 Å². The predicted octanol–water partition coefficient (Wildman–Crippen LogP) is 3.31. The van der Waals surface area contributed by atoms with Gasteiger partial charge in [0, 0.05) is 82.0 Å². The van der Waals surface area contributed by atoms with Crippen LogP contribution in [0.5, 0.6) is 11.5 Å². The van der Waals surface area contributed by atoms with Gasteiger partial charge in [-0.05, 0) is 126 Å². The molecule has 0 radical (unpaired) electrons. The first kappa shape index (κ1) is 106. The summed E-state index contributed by atoms with van der Waals surface area (Å²) in [5.41, 5.74) is 14.9. The number of rotatable bonds is 50. The summed E-state index contributed by atoms with van der Waals surface area (Å²) in [5.74, 6) is -18.6. The molecule has 1 unspecified atom stereocenters. The molecule has 16 N–H and O–H groups in total. The molecule has 2 saturated heterocycles. The highest BCUT2D eigenvalue weighted by molar-refractivity contribution is 8.00. The minimum atomic E-state index is -1.84. The van der Waals surface area contributed by atoms with Crippen molar-refractivity contribution < 1.29 is 100 Å². The van der Waals surface area contributed by atoms with Crippen molar-refractivity contribution >= 4 is 123 Å². The number of ketones is 1. The van der Waals surface area contributed by atoms with E-state index >= 15 is 42.3 Å². The van der Waals surface area contributed by atoms with Crippen molar-refractivity contribution in [3.63, 3.8) is 0 Å². The normalized spacial score (nSPS) is 16.1. The number of aliphatic hydroxyl groups excluding tert-OH is 1. The zero-order valence-electron chi connectivity index (χ0n) is 76.6. The van der Waals surface area contributed by atoms with Gasteiger partial charge >= 0.3 is 0 Å². The second-order valence-electron chi connectivity index (χ2n) is 34.6. The molecule has 13 amide bonds. The molecule has 0 bridgehead atoms. The molecular weight excluding hydrogens is 1790 g/mol. The standard InChI is InChI=1S/C96H121F3N16O18S2/c1-9-10-26-77(95(132)114-36-19-27-76(114)90(127)105-63(49-116)50-117)111(6)94(131)79(44-58-22-15-12-16-23-58)113(8)92(129)74(42-61-38-67(97)84(99)68(98)39-61)106-83(122)53-134-51-75(86(123)104-48-82(100)121)110-87(124)70(37-55(2)3)107-88(125)71(40-59-28-32-64(118)33-29-59)108-89(126)72(45-62-46-102-69-25-18-17-24-66(62)69)109-91(128)80-52-135-54-115(80)93(130)73(41-60-30-34-65(119)35-31-60)103-47-81(120)78(43-57-20-13-11-14-21-57)112(7)96(133)85(101)56(4)5/h11-18,20-25,28-35,38-39,46,49,55-56,63,70-80,85,102-103,117-119H,9-10,19,26-27,36-37,40-45,47-48,50-54,101H2,1-8H3,(H2,100,121)(H,104,123)(H,105,127)(H,106,122)(H,107,125)(H,108,126)(H,109,128)(H,110,124)/t63-,70+,71+,72?,73+,74+,75+,76-,77+,78+,79+,80-,85+/m1/s1. The molecule has 9 rings (SSSR count). The molecule has 0 saturated carbocycles. The number of fused-ring (bicyclic) bond motifs is 1. The average molecular weight is 1910 g/mol. The van der Waals surface area contributed by atoms with E-state index in [2.05, 4.69) is 47.5 Å². The number of nitrogens with one attached hydrogen (secondary N) is 9. The van der Waals surface area contributed by atoms with Gasteiger partial charge in [-0.1, -0.05) is 151 Å². The topological polar surface area (TPSA) is 497 Å². The molecule has 135 heavy (non-hydrogen) atoms. The van der Waals surface area contributed by atoms with E-state index in [9.17, 15) is 58.1 Å². The van der Waals surface area contributed by atoms with Crippen LogP contribution < -0.4 is 54.0 Å². The molecule has 3 heterocycles. The number of Topliss-reactive ketones (excluding diaryl/α,β-unsaturated/α-hetero) is 1. The summed E-state index contributed by atoms with van der Waals surface area (Å²) in [6.07, 6.45) is 2.01. The van der Waals surface area contributed by atoms with Gasteiger partial charge in [-0.25, -0.2) is 13.2 Å². The van der Waals surface area contributed by atoms with Crippen LogP contribution in [0.15, 0.2) is 152 Å². The first-order chi connectivity index (χ1) is 64.4. The number of aromatic amines is 1. The minimum absolute atomic E-state index is 0.0253. The zero-order valence-corrected chi connectivity index (χ0v) is 78.3. The number of aldehydes is 1. The number of H-pyrrole nitrogens is 1. The molecule has 2 fully saturated rings. The number of nitrogens with two attached hydrogens (primary N) is 2. The first-order valence-corrected chi connectivity index (χ1v) is 47.0. The first-order valence-electron chi connectivity index (χ1n) is 44.7. The van der Waals surface area contributed by atoms with Gasteiger partial charge in [-0.15, -0.1) is 23.5 Å². The lowest BCUT2D eigenvalue weighted by Gasteiger charge is -2.38. The molecule has 726 valence electrons. The van der Waals surface area contributed by atoms with E-state index in [1.165, 1.54) is 84.0 Å². The van der Waals surface area contributed by atoms with Crippen molar-refractivity contribution in [3.8, 4) is 11.5 Å². The number of amides is 13. The fourth-order valence-corrected chi connectivity index (χ4v) is 18.1. The number of phenolic OH excluding ortho intramolecular Hbond substituents is 2. The lowest BCUT2D eigenvalue weighted by molar-refractivity contribution is -0.152. The van der Waals surface area contributed by atoms with Gasteiger partial charge in [0.25, 0.3) is 0 Å². The third kappa shape index (κ3) is 30.1. The second-order valence-corrected chi connectivity index (χ2v) is 36.6. The van der Waals surface area contributed by atoms with E-state index in [0.717, 1.165) is 15.4 Å². The van der Waals surface area contributed by atoms with E-state index in [4.69, 9.17) is 11.5 Å². The SMILES string of the molecule is CCCC[C@@H](C(=O)N1CCC[C@@H]1C(=O)N[C@H](C=O)CO)N(C)C(=O)[C@H](Cc1ccccc1)N(C)C(=O)[C@H](Cc1cc(F)c(F)c(F)c1)NC(=O)CSC[C@H](NC(=O)[C@H](CC(C)C)NC(=O)[C@H](Cc1ccc(O)cc1)NC(=O)C(Cc1c[nH]c2ccccc12)NC(=O)[C@H]1CSCN1C(=O)[C@H](Cc1ccc(O)cc1)NCC(=O)[C@H](Cc1ccccc1)N(C)C(=O)[C@@H](N)C(C)C)C(=O)NCC(N)=O. The number of hydrogen-bond donors (Lipinski definition) is 14. The van der Waals surface area contributed by atoms with Crippen LogP contribution in [0.2, 0.25) is 0 Å². The highest BCUT2D eigenvalue weighted by atomic mass is 32.2. The van der Waals surface area contributed by atoms with Gasteiger partial charge < -0.3 is 98.3 Å². The number of aromatic hydroxyl groups is 2. The maximum Gasteiger partial charge on any atom is 0.246 e. The Balaban J connectivity index is 0.955. The quantitative estimate of drug-likeness (QED) is 0.0192. The number of phenols is 2. The number of carbonyl (C=O) groups excluding carboxylic acids is 15. The van der Waals surface area contributed by atoms with Crippen molar-refractivity contribution in [2.45, 2.75) is 190 Å². The number of aliphatic hydroxyl groups is 1. The molecule has 6 aromatic carbocycles. The number of nitrogens with zero attached hydrogens (tertiary/aromatic N) is 5. The van der Waals surface area contributed by atoms with Crippen molar-refractivity contribution in [1.29, 1.82) is 0 Å². The Bertz CT molecular complexity index is 5280. The molecule has 0 spiro atoms. The summed E-state index contributed by atoms with van der Waals surface area (Å²) in [4.78, 5) is 226. The molecule has 34 nitrogen and oxygen atoms in total. The highest BCUT2D eigenvalue weighted by Crippen LogP contribution is 2.29. The lowest BCUT2D eigenvalue weighted by atomic mass is 9.97. The number of halogens is 3. The predicted molar refractivity (Wildman–Crippen MR) is 501 cm³/mol. The highest BCUT2D eigenvalue weighted by Gasteiger charge is 2.45. The number of unbranched alkanes of at least 4 members (excludes halogenated alkanes) is 1. The van der Waals surface area contributed by atoms with Crippen molar-refractivity contribution in [2.24, 2.45) is 23.3 Å². The van der Waals surface area contributed by atoms with E-state index in [0.29, 0.717) is 82.6 Å². The number of benzene rings is 6. The largest absolute Gasteiger partial charge is 0.508 e. The summed E-state index contributed by atoms with van der Waals surface area (Å²) in [6, 6.07) is 19.7. The maximum absolute atomic E-state index is 15.5. The van der Waals surface area contributed by atoms with Crippen LogP contribution in [0.4, 0.5) is 13.2 Å². The number of para-hydroxylation sites is 1. The van der Waals surface area contributed by atoms with Gasteiger partial charge in [-0.3, -0.25) is 72.4 Å². The Morgan fingerprint density at radius 3 is 1.69 bits per heavy atom. The lowest BCUT2D eigenvalue weighted by Crippen LogP contribution is -2.61. The van der Waals surface area contributed by atoms with Crippen LogP contribution >= 0.6 is 23.5 Å². The van der Waals surface area contributed by atoms with Crippen LogP contribution in [-0.2, 0) is 110 Å². The molecule has 39 heteroatoms.